The summed E-state index contributed by atoms with van der Waals surface area (Å²) in [7, 11) is 13.4. The van der Waals surface area contributed by atoms with Crippen LogP contribution in [0.25, 0.3) is 11.1 Å². The maximum absolute atomic E-state index is 5.89. The van der Waals surface area contributed by atoms with Gasteiger partial charge in [-0.1, -0.05) is 24.3 Å². The van der Waals surface area contributed by atoms with Crippen molar-refractivity contribution in [2.75, 3.05) is 68.6 Å². The summed E-state index contributed by atoms with van der Waals surface area (Å²) in [6.07, 6.45) is 4.56. The first kappa shape index (κ1) is 24.2. The zero-order valence-corrected chi connectivity index (χ0v) is 20.0. The van der Waals surface area contributed by atoms with E-state index in [1.54, 1.807) is 0 Å². The van der Waals surface area contributed by atoms with Crippen molar-refractivity contribution < 1.29 is 18.4 Å². The van der Waals surface area contributed by atoms with Gasteiger partial charge in [0.15, 0.2) is 0 Å². The minimum Gasteiger partial charge on any atom is -0.494 e. The second-order valence-electron chi connectivity index (χ2n) is 10.2. The van der Waals surface area contributed by atoms with Gasteiger partial charge in [0.05, 0.1) is 68.6 Å². The Hall–Kier alpha value is -2.04. The van der Waals surface area contributed by atoms with Crippen LogP contribution in [0, 0.1) is 0 Å². The summed E-state index contributed by atoms with van der Waals surface area (Å²) in [4.78, 5) is 0. The van der Waals surface area contributed by atoms with E-state index in [-0.39, 0.29) is 0 Å². The maximum Gasteiger partial charge on any atom is 0.119 e. The second kappa shape index (κ2) is 11.4. The highest BCUT2D eigenvalue weighted by molar-refractivity contribution is 5.64. The van der Waals surface area contributed by atoms with Crippen LogP contribution in [0.1, 0.15) is 25.7 Å². The van der Waals surface area contributed by atoms with Crippen molar-refractivity contribution in [1.29, 1.82) is 0 Å². The summed E-state index contributed by atoms with van der Waals surface area (Å²) in [5, 5.41) is 0. The molecule has 0 atom stereocenters. The maximum atomic E-state index is 5.89. The van der Waals surface area contributed by atoms with Gasteiger partial charge in [0, 0.05) is 0 Å². The van der Waals surface area contributed by atoms with Crippen molar-refractivity contribution in [3.63, 3.8) is 0 Å². The molecule has 0 aliphatic carbocycles. The zero-order valence-electron chi connectivity index (χ0n) is 20.0. The minimum atomic E-state index is 0.778. The standard InChI is InChI=1S/C26H42N2O2/c1-27(2,3)19-7-9-21-29-25-15-11-23(12-16-25)24-13-17-26(18-14-24)30-22-10-8-20-28(4,5)6/h11-18H,7-10,19-22H2,1-6H3/q+2. The first-order valence-electron chi connectivity index (χ1n) is 11.2. The van der Waals surface area contributed by atoms with Crippen molar-refractivity contribution in [3.8, 4) is 22.6 Å². The monoisotopic (exact) mass is 414 g/mol. The molecule has 2 aromatic carbocycles. The lowest BCUT2D eigenvalue weighted by atomic mass is 10.1. The van der Waals surface area contributed by atoms with Gasteiger partial charge in [0.25, 0.3) is 0 Å². The smallest absolute Gasteiger partial charge is 0.119 e. The fourth-order valence-corrected chi connectivity index (χ4v) is 3.24. The number of unbranched alkanes of at least 4 members (excludes halogenated alkanes) is 2. The molecule has 0 fully saturated rings. The molecule has 0 N–H and O–H groups in total. The topological polar surface area (TPSA) is 18.5 Å². The predicted octanol–water partition coefficient (Wildman–Crippen LogP) is 5.08. The van der Waals surface area contributed by atoms with E-state index in [0.29, 0.717) is 0 Å². The Morgan fingerprint density at radius 3 is 1.13 bits per heavy atom. The third-order valence-electron chi connectivity index (χ3n) is 5.03. The average Bonchev–Trinajstić information content (AvgIpc) is 2.67. The van der Waals surface area contributed by atoms with E-state index in [2.05, 4.69) is 90.8 Å². The first-order chi connectivity index (χ1) is 14.1. The van der Waals surface area contributed by atoms with Crippen LogP contribution < -0.4 is 9.47 Å². The van der Waals surface area contributed by atoms with Gasteiger partial charge in [0.2, 0.25) is 0 Å². The number of benzene rings is 2. The first-order valence-corrected chi connectivity index (χ1v) is 11.2. The molecule has 0 saturated heterocycles. The molecule has 0 aliphatic heterocycles. The molecule has 166 valence electrons. The van der Waals surface area contributed by atoms with Gasteiger partial charge in [0.1, 0.15) is 11.5 Å². The fourth-order valence-electron chi connectivity index (χ4n) is 3.24. The van der Waals surface area contributed by atoms with Gasteiger partial charge in [-0.05, 0) is 61.1 Å². The van der Waals surface area contributed by atoms with Crippen molar-refractivity contribution in [2.24, 2.45) is 0 Å². The van der Waals surface area contributed by atoms with Gasteiger partial charge in [-0.25, -0.2) is 0 Å². The van der Waals surface area contributed by atoms with E-state index < -0.39 is 0 Å². The molecule has 0 unspecified atom stereocenters. The van der Waals surface area contributed by atoms with Crippen LogP contribution in [0.5, 0.6) is 11.5 Å². The van der Waals surface area contributed by atoms with E-state index in [9.17, 15) is 0 Å². The average molecular weight is 415 g/mol. The summed E-state index contributed by atoms with van der Waals surface area (Å²) < 4.78 is 13.8. The molecule has 30 heavy (non-hydrogen) atoms. The largest absolute Gasteiger partial charge is 0.494 e. The highest BCUT2D eigenvalue weighted by Crippen LogP contribution is 2.25. The highest BCUT2D eigenvalue weighted by Gasteiger charge is 2.07. The van der Waals surface area contributed by atoms with Crippen LogP contribution in [-0.4, -0.2) is 77.6 Å². The number of hydrogen-bond acceptors (Lipinski definition) is 2. The Balaban J connectivity index is 1.73. The van der Waals surface area contributed by atoms with Crippen LogP contribution in [0.3, 0.4) is 0 Å². The minimum absolute atomic E-state index is 0.778. The summed E-state index contributed by atoms with van der Waals surface area (Å²) in [5.41, 5.74) is 2.39. The molecule has 2 aromatic rings. The summed E-state index contributed by atoms with van der Waals surface area (Å²) >= 11 is 0. The molecular weight excluding hydrogens is 372 g/mol. The lowest BCUT2D eigenvalue weighted by molar-refractivity contribution is -0.870. The van der Waals surface area contributed by atoms with Gasteiger partial charge in [-0.15, -0.1) is 0 Å². The van der Waals surface area contributed by atoms with Crippen LogP contribution in [0.15, 0.2) is 48.5 Å². The van der Waals surface area contributed by atoms with E-state index in [0.717, 1.165) is 46.5 Å². The zero-order chi connectivity index (χ0) is 22.0. The van der Waals surface area contributed by atoms with Crippen LogP contribution in [0.2, 0.25) is 0 Å². The fraction of sp³-hybridized carbons (Fsp3) is 0.538. The van der Waals surface area contributed by atoms with Gasteiger partial charge in [-0.2, -0.15) is 0 Å². The molecule has 0 amide bonds. The van der Waals surface area contributed by atoms with Crippen molar-refractivity contribution >= 4 is 0 Å². The molecule has 0 heterocycles. The SMILES string of the molecule is C[N+](C)(C)CCCCOc1ccc(-c2ccc(OCCCC[N+](C)(C)C)cc2)cc1. The van der Waals surface area contributed by atoms with Crippen molar-refractivity contribution in [3.05, 3.63) is 48.5 Å². The van der Waals surface area contributed by atoms with Gasteiger partial charge in [-0.3, -0.25) is 0 Å². The van der Waals surface area contributed by atoms with Crippen LogP contribution in [0.4, 0.5) is 0 Å². The quantitative estimate of drug-likeness (QED) is 0.336. The lowest BCUT2D eigenvalue weighted by Crippen LogP contribution is -2.35. The Labute approximate surface area is 184 Å². The Morgan fingerprint density at radius 2 is 0.833 bits per heavy atom. The molecule has 0 saturated carbocycles. The van der Waals surface area contributed by atoms with Crippen LogP contribution >= 0.6 is 0 Å². The lowest BCUT2D eigenvalue weighted by Gasteiger charge is -2.23. The van der Waals surface area contributed by atoms with Crippen LogP contribution in [-0.2, 0) is 0 Å². The highest BCUT2D eigenvalue weighted by atomic mass is 16.5. The molecule has 4 nitrogen and oxygen atoms in total. The molecule has 0 spiro atoms. The summed E-state index contributed by atoms with van der Waals surface area (Å²) in [6.45, 7) is 3.91. The van der Waals surface area contributed by atoms with Crippen molar-refractivity contribution in [2.45, 2.75) is 25.7 Å². The van der Waals surface area contributed by atoms with Gasteiger partial charge < -0.3 is 18.4 Å². The summed E-state index contributed by atoms with van der Waals surface area (Å²) in [6, 6.07) is 16.8. The Bertz CT molecular complexity index is 660. The number of quaternary nitrogens is 2. The second-order valence-corrected chi connectivity index (χ2v) is 10.2. The number of rotatable bonds is 13. The molecule has 4 heteroatoms. The Morgan fingerprint density at radius 1 is 0.500 bits per heavy atom. The molecule has 0 bridgehead atoms. The third kappa shape index (κ3) is 10.1. The normalized spacial score (nSPS) is 12.1. The predicted molar refractivity (Wildman–Crippen MR) is 127 cm³/mol. The summed E-state index contributed by atoms with van der Waals surface area (Å²) in [5.74, 6) is 1.88. The van der Waals surface area contributed by atoms with Gasteiger partial charge >= 0.3 is 0 Å². The molecule has 0 aromatic heterocycles. The number of hydrogen-bond donors (Lipinski definition) is 0. The molecule has 0 radical (unpaired) electrons. The molecule has 0 aliphatic rings. The van der Waals surface area contributed by atoms with E-state index in [4.69, 9.17) is 9.47 Å². The Kier molecular flexibility index (Phi) is 9.19. The molecule has 2 rings (SSSR count). The van der Waals surface area contributed by atoms with E-state index in [1.165, 1.54) is 37.1 Å². The van der Waals surface area contributed by atoms with Crippen molar-refractivity contribution in [1.82, 2.24) is 0 Å². The van der Waals surface area contributed by atoms with E-state index >= 15 is 0 Å². The third-order valence-corrected chi connectivity index (χ3v) is 5.03. The number of ether oxygens (including phenoxy) is 2. The number of nitrogens with zero attached hydrogens (tertiary/aromatic N) is 2. The van der Waals surface area contributed by atoms with E-state index in [1.807, 2.05) is 0 Å². The molecular formula is C26H42N2O2+2.